The number of hydrogen-bond donors (Lipinski definition) is 1. The lowest BCUT2D eigenvalue weighted by Gasteiger charge is -2.22. The van der Waals surface area contributed by atoms with E-state index in [0.717, 1.165) is 26.1 Å². The molecule has 0 aromatic heterocycles. The molecule has 2 saturated heterocycles. The third-order valence-electron chi connectivity index (χ3n) is 4.67. The predicted molar refractivity (Wildman–Crippen MR) is 84.6 cm³/mol. The van der Waals surface area contributed by atoms with Crippen molar-refractivity contribution in [3.8, 4) is 0 Å². The number of likely N-dealkylation sites (tertiary alicyclic amines) is 1. The Labute approximate surface area is 131 Å². The summed E-state index contributed by atoms with van der Waals surface area (Å²) in [6.07, 6.45) is 3.52. The third-order valence-corrected chi connectivity index (χ3v) is 4.67. The van der Waals surface area contributed by atoms with Gasteiger partial charge in [0.15, 0.2) is 0 Å². The van der Waals surface area contributed by atoms with E-state index in [1.165, 1.54) is 23.3 Å². The van der Waals surface area contributed by atoms with Gasteiger partial charge < -0.3 is 10.2 Å². The molecule has 22 heavy (non-hydrogen) atoms. The molecule has 5 nitrogen and oxygen atoms in total. The summed E-state index contributed by atoms with van der Waals surface area (Å²) in [6.45, 7) is 3.51. The standard InChI is InChI=1S/C17H23N3O2/c21-16-13-18-17(22)20(16)12-11-19-9-4-7-15(8-10-19)14-5-2-1-3-6-14/h1-3,5-6,15H,4,7-13H2,(H,18,22)/t15-/m0/s1. The fraction of sp³-hybridized carbons (Fsp3) is 0.529. The summed E-state index contributed by atoms with van der Waals surface area (Å²) in [4.78, 5) is 26.8. The van der Waals surface area contributed by atoms with Gasteiger partial charge in [-0.05, 0) is 43.8 Å². The van der Waals surface area contributed by atoms with Gasteiger partial charge in [-0.3, -0.25) is 9.69 Å². The molecule has 1 N–H and O–H groups in total. The SMILES string of the molecule is O=C1CNC(=O)N1CCN1CCC[C@H](c2ccccc2)CC1. The van der Waals surface area contributed by atoms with Crippen LogP contribution in [-0.2, 0) is 4.79 Å². The minimum Gasteiger partial charge on any atom is -0.329 e. The van der Waals surface area contributed by atoms with Gasteiger partial charge in [-0.2, -0.15) is 0 Å². The van der Waals surface area contributed by atoms with Crippen LogP contribution in [0.15, 0.2) is 30.3 Å². The fourth-order valence-electron chi connectivity index (χ4n) is 3.36. The summed E-state index contributed by atoms with van der Waals surface area (Å²) in [5, 5.41) is 2.57. The molecule has 0 saturated carbocycles. The second-order valence-corrected chi connectivity index (χ2v) is 6.08. The zero-order valence-electron chi connectivity index (χ0n) is 12.8. The molecule has 2 heterocycles. The van der Waals surface area contributed by atoms with Crippen molar-refractivity contribution >= 4 is 11.9 Å². The summed E-state index contributed by atoms with van der Waals surface area (Å²) < 4.78 is 0. The van der Waals surface area contributed by atoms with Gasteiger partial charge in [-0.15, -0.1) is 0 Å². The first-order chi connectivity index (χ1) is 10.7. The monoisotopic (exact) mass is 301 g/mol. The summed E-state index contributed by atoms with van der Waals surface area (Å²) >= 11 is 0. The summed E-state index contributed by atoms with van der Waals surface area (Å²) in [5.41, 5.74) is 1.43. The number of nitrogens with zero attached hydrogens (tertiary/aromatic N) is 2. The number of carbonyl (C=O) groups excluding carboxylic acids is 2. The van der Waals surface area contributed by atoms with Gasteiger partial charge in [0.1, 0.15) is 0 Å². The van der Waals surface area contributed by atoms with E-state index in [-0.39, 0.29) is 18.5 Å². The number of nitrogens with one attached hydrogen (secondary N) is 1. The lowest BCUT2D eigenvalue weighted by Crippen LogP contribution is -2.39. The minimum absolute atomic E-state index is 0.109. The molecule has 2 aliphatic rings. The van der Waals surface area contributed by atoms with Crippen LogP contribution in [0.5, 0.6) is 0 Å². The Balaban J connectivity index is 1.50. The number of rotatable bonds is 4. The van der Waals surface area contributed by atoms with Crippen LogP contribution in [0.25, 0.3) is 0 Å². The van der Waals surface area contributed by atoms with Gasteiger partial charge in [0.2, 0.25) is 5.91 Å². The van der Waals surface area contributed by atoms with Crippen LogP contribution in [0.1, 0.15) is 30.7 Å². The third kappa shape index (κ3) is 3.47. The second kappa shape index (κ2) is 6.92. The van der Waals surface area contributed by atoms with Crippen molar-refractivity contribution in [2.24, 2.45) is 0 Å². The van der Waals surface area contributed by atoms with Crippen LogP contribution in [0.3, 0.4) is 0 Å². The van der Waals surface area contributed by atoms with E-state index in [4.69, 9.17) is 0 Å². The fourth-order valence-corrected chi connectivity index (χ4v) is 3.36. The van der Waals surface area contributed by atoms with Gasteiger partial charge in [-0.1, -0.05) is 30.3 Å². The molecule has 0 aliphatic carbocycles. The molecule has 5 heteroatoms. The van der Waals surface area contributed by atoms with E-state index < -0.39 is 0 Å². The first kappa shape index (κ1) is 15.0. The predicted octanol–water partition coefficient (Wildman–Crippen LogP) is 1.81. The van der Waals surface area contributed by atoms with Crippen molar-refractivity contribution in [3.05, 3.63) is 35.9 Å². The topological polar surface area (TPSA) is 52.7 Å². The van der Waals surface area contributed by atoms with Gasteiger partial charge in [0.05, 0.1) is 6.54 Å². The maximum absolute atomic E-state index is 11.6. The normalized spacial score (nSPS) is 23.5. The molecule has 3 amide bonds. The van der Waals surface area contributed by atoms with Gasteiger partial charge in [-0.25, -0.2) is 4.79 Å². The summed E-state index contributed by atoms with van der Waals surface area (Å²) in [7, 11) is 0. The van der Waals surface area contributed by atoms with Crippen molar-refractivity contribution in [3.63, 3.8) is 0 Å². The number of urea groups is 1. The number of hydrogen-bond acceptors (Lipinski definition) is 3. The van der Waals surface area contributed by atoms with Crippen molar-refractivity contribution in [2.75, 3.05) is 32.7 Å². The van der Waals surface area contributed by atoms with Crippen molar-refractivity contribution in [2.45, 2.75) is 25.2 Å². The van der Waals surface area contributed by atoms with Crippen LogP contribution >= 0.6 is 0 Å². The largest absolute Gasteiger partial charge is 0.329 e. The summed E-state index contributed by atoms with van der Waals surface area (Å²) in [5.74, 6) is 0.518. The average Bonchev–Trinajstić information content (AvgIpc) is 2.75. The zero-order chi connectivity index (χ0) is 15.4. The van der Waals surface area contributed by atoms with Crippen LogP contribution in [0.2, 0.25) is 0 Å². The highest BCUT2D eigenvalue weighted by atomic mass is 16.2. The van der Waals surface area contributed by atoms with Crippen molar-refractivity contribution in [1.29, 1.82) is 0 Å². The van der Waals surface area contributed by atoms with E-state index in [1.54, 1.807) is 0 Å². The molecule has 118 valence electrons. The van der Waals surface area contributed by atoms with Crippen LogP contribution in [0, 0.1) is 0 Å². The zero-order valence-corrected chi connectivity index (χ0v) is 12.8. The number of benzene rings is 1. The molecule has 0 unspecified atom stereocenters. The molecule has 0 spiro atoms. The highest BCUT2D eigenvalue weighted by Gasteiger charge is 2.28. The van der Waals surface area contributed by atoms with Crippen LogP contribution in [-0.4, -0.2) is 54.5 Å². The highest BCUT2D eigenvalue weighted by Crippen LogP contribution is 2.27. The molecule has 2 fully saturated rings. The second-order valence-electron chi connectivity index (χ2n) is 6.08. The Hall–Kier alpha value is -1.88. The maximum Gasteiger partial charge on any atom is 0.324 e. The Bertz CT molecular complexity index is 516. The smallest absolute Gasteiger partial charge is 0.324 e. The molecule has 1 atom stereocenters. The lowest BCUT2D eigenvalue weighted by atomic mass is 9.92. The molecule has 1 aromatic carbocycles. The summed E-state index contributed by atoms with van der Waals surface area (Å²) in [6, 6.07) is 10.5. The lowest BCUT2D eigenvalue weighted by molar-refractivity contribution is -0.125. The van der Waals surface area contributed by atoms with Crippen molar-refractivity contribution < 1.29 is 9.59 Å². The average molecular weight is 301 g/mol. The van der Waals surface area contributed by atoms with Gasteiger partial charge in [0, 0.05) is 13.1 Å². The minimum atomic E-state index is -0.248. The van der Waals surface area contributed by atoms with E-state index in [9.17, 15) is 9.59 Å². The van der Waals surface area contributed by atoms with Crippen LogP contribution in [0.4, 0.5) is 4.79 Å². The first-order valence-electron chi connectivity index (χ1n) is 8.09. The molecular weight excluding hydrogens is 278 g/mol. The number of carbonyl (C=O) groups is 2. The Morgan fingerprint density at radius 3 is 2.59 bits per heavy atom. The molecular formula is C17H23N3O2. The van der Waals surface area contributed by atoms with Gasteiger partial charge in [0.25, 0.3) is 0 Å². The van der Waals surface area contributed by atoms with E-state index in [2.05, 4.69) is 40.5 Å². The molecule has 2 aliphatic heterocycles. The van der Waals surface area contributed by atoms with E-state index >= 15 is 0 Å². The van der Waals surface area contributed by atoms with E-state index in [1.807, 2.05) is 0 Å². The van der Waals surface area contributed by atoms with E-state index in [0.29, 0.717) is 12.5 Å². The van der Waals surface area contributed by atoms with Crippen LogP contribution < -0.4 is 5.32 Å². The number of amides is 3. The molecule has 0 bridgehead atoms. The Morgan fingerprint density at radius 2 is 1.86 bits per heavy atom. The maximum atomic E-state index is 11.6. The molecule has 3 rings (SSSR count). The molecule has 0 radical (unpaired) electrons. The number of imide groups is 1. The highest BCUT2D eigenvalue weighted by molar-refractivity contribution is 6.01. The first-order valence-corrected chi connectivity index (χ1v) is 8.09. The van der Waals surface area contributed by atoms with Crippen molar-refractivity contribution in [1.82, 2.24) is 15.1 Å². The Morgan fingerprint density at radius 1 is 1.05 bits per heavy atom. The molecule has 1 aromatic rings. The Kier molecular flexibility index (Phi) is 4.73. The van der Waals surface area contributed by atoms with Gasteiger partial charge >= 0.3 is 6.03 Å². The quantitative estimate of drug-likeness (QED) is 0.863.